The molecule has 1 aliphatic heterocycles. The maximum atomic E-state index is 12.0. The van der Waals surface area contributed by atoms with Crippen LogP contribution < -0.4 is 10.6 Å². The fourth-order valence-corrected chi connectivity index (χ4v) is 2.46. The standard InChI is InChI=1S/C14H19N3O3/c1-10-8-12(17(19)20)2-3-13(10)14(18)16-7-5-11-4-6-15-9-11/h2-3,8,11,15H,4-7,9H2,1H3,(H,16,18). The lowest BCUT2D eigenvalue weighted by atomic mass is 10.0. The zero-order valence-electron chi connectivity index (χ0n) is 11.5. The first-order valence-electron chi connectivity index (χ1n) is 6.82. The van der Waals surface area contributed by atoms with Crippen LogP contribution in [0.1, 0.15) is 28.8 Å². The number of non-ortho nitro benzene ring substituents is 1. The molecular formula is C14H19N3O3. The van der Waals surface area contributed by atoms with Gasteiger partial charge in [-0.25, -0.2) is 0 Å². The number of nitrogens with zero attached hydrogens (tertiary/aromatic N) is 1. The Balaban J connectivity index is 1.89. The normalized spacial score (nSPS) is 17.9. The first-order chi connectivity index (χ1) is 9.58. The first kappa shape index (κ1) is 14.5. The number of carbonyl (C=O) groups excluding carboxylic acids is 1. The van der Waals surface area contributed by atoms with E-state index < -0.39 is 4.92 Å². The Labute approximate surface area is 117 Å². The number of nitrogens with one attached hydrogen (secondary N) is 2. The topological polar surface area (TPSA) is 84.3 Å². The zero-order valence-corrected chi connectivity index (χ0v) is 11.5. The van der Waals surface area contributed by atoms with Crippen LogP contribution in [-0.2, 0) is 0 Å². The van der Waals surface area contributed by atoms with E-state index >= 15 is 0 Å². The number of hydrogen-bond acceptors (Lipinski definition) is 4. The van der Waals surface area contributed by atoms with Crippen LogP contribution in [-0.4, -0.2) is 30.5 Å². The molecule has 1 atom stereocenters. The van der Waals surface area contributed by atoms with E-state index in [0.717, 1.165) is 25.9 Å². The van der Waals surface area contributed by atoms with E-state index in [1.807, 2.05) is 0 Å². The van der Waals surface area contributed by atoms with Gasteiger partial charge in [0.05, 0.1) is 4.92 Å². The van der Waals surface area contributed by atoms with Crippen LogP contribution in [0.15, 0.2) is 18.2 Å². The Morgan fingerprint density at radius 3 is 2.95 bits per heavy atom. The summed E-state index contributed by atoms with van der Waals surface area (Å²) >= 11 is 0. The average Bonchev–Trinajstić information content (AvgIpc) is 2.91. The van der Waals surface area contributed by atoms with Gasteiger partial charge in [-0.3, -0.25) is 14.9 Å². The Bertz CT molecular complexity index is 510. The van der Waals surface area contributed by atoms with Crippen molar-refractivity contribution in [3.05, 3.63) is 39.4 Å². The predicted octanol–water partition coefficient (Wildman–Crippen LogP) is 1.63. The number of carbonyl (C=O) groups is 1. The van der Waals surface area contributed by atoms with Crippen molar-refractivity contribution in [3.8, 4) is 0 Å². The summed E-state index contributed by atoms with van der Waals surface area (Å²) in [4.78, 5) is 22.2. The van der Waals surface area contributed by atoms with Gasteiger partial charge in [0.15, 0.2) is 0 Å². The molecule has 0 aromatic heterocycles. The van der Waals surface area contributed by atoms with Gasteiger partial charge in [-0.2, -0.15) is 0 Å². The van der Waals surface area contributed by atoms with E-state index in [-0.39, 0.29) is 11.6 Å². The maximum Gasteiger partial charge on any atom is 0.269 e. The molecule has 6 nitrogen and oxygen atoms in total. The van der Waals surface area contributed by atoms with Crippen molar-refractivity contribution in [2.24, 2.45) is 5.92 Å². The highest BCUT2D eigenvalue weighted by Gasteiger charge is 2.16. The largest absolute Gasteiger partial charge is 0.352 e. The minimum atomic E-state index is -0.457. The summed E-state index contributed by atoms with van der Waals surface area (Å²) in [6, 6.07) is 4.30. The summed E-state index contributed by atoms with van der Waals surface area (Å²) in [5.41, 5.74) is 1.13. The van der Waals surface area contributed by atoms with Crippen LogP contribution in [0, 0.1) is 23.0 Å². The van der Waals surface area contributed by atoms with Crippen molar-refractivity contribution >= 4 is 11.6 Å². The molecule has 1 unspecified atom stereocenters. The molecular weight excluding hydrogens is 258 g/mol. The molecule has 0 aliphatic carbocycles. The second-order valence-corrected chi connectivity index (χ2v) is 5.16. The smallest absolute Gasteiger partial charge is 0.269 e. The third kappa shape index (κ3) is 3.54. The molecule has 1 heterocycles. The Hall–Kier alpha value is -1.95. The molecule has 0 radical (unpaired) electrons. The molecule has 108 valence electrons. The molecule has 1 aromatic rings. The van der Waals surface area contributed by atoms with Crippen LogP contribution >= 0.6 is 0 Å². The van der Waals surface area contributed by atoms with Gasteiger partial charge in [0.2, 0.25) is 0 Å². The van der Waals surface area contributed by atoms with E-state index in [1.54, 1.807) is 6.92 Å². The second-order valence-electron chi connectivity index (χ2n) is 5.16. The van der Waals surface area contributed by atoms with Gasteiger partial charge in [0.1, 0.15) is 0 Å². The monoisotopic (exact) mass is 277 g/mol. The summed E-state index contributed by atoms with van der Waals surface area (Å²) < 4.78 is 0. The van der Waals surface area contributed by atoms with Crippen molar-refractivity contribution in [1.82, 2.24) is 10.6 Å². The number of hydrogen-bond donors (Lipinski definition) is 2. The highest BCUT2D eigenvalue weighted by Crippen LogP contribution is 2.17. The number of aryl methyl sites for hydroxylation is 1. The van der Waals surface area contributed by atoms with Gasteiger partial charge >= 0.3 is 0 Å². The first-order valence-corrected chi connectivity index (χ1v) is 6.82. The van der Waals surface area contributed by atoms with Gasteiger partial charge in [0.25, 0.3) is 11.6 Å². The molecule has 6 heteroatoms. The molecule has 1 aliphatic rings. The molecule has 1 amide bonds. The number of rotatable bonds is 5. The van der Waals surface area contributed by atoms with E-state index in [4.69, 9.17) is 0 Å². The molecule has 1 fully saturated rings. The van der Waals surface area contributed by atoms with Crippen molar-refractivity contribution < 1.29 is 9.72 Å². The lowest BCUT2D eigenvalue weighted by molar-refractivity contribution is -0.384. The molecule has 0 saturated carbocycles. The Morgan fingerprint density at radius 2 is 2.35 bits per heavy atom. The minimum absolute atomic E-state index is 0.0103. The summed E-state index contributed by atoms with van der Waals surface area (Å²) in [6.07, 6.45) is 2.12. The molecule has 0 spiro atoms. The van der Waals surface area contributed by atoms with Crippen LogP contribution in [0.25, 0.3) is 0 Å². The van der Waals surface area contributed by atoms with Gasteiger partial charge in [0, 0.05) is 24.2 Å². The van der Waals surface area contributed by atoms with Crippen LogP contribution in [0.3, 0.4) is 0 Å². The number of amides is 1. The van der Waals surface area contributed by atoms with E-state index in [0.29, 0.717) is 23.6 Å². The van der Waals surface area contributed by atoms with Crippen LogP contribution in [0.4, 0.5) is 5.69 Å². The number of benzene rings is 1. The third-order valence-corrected chi connectivity index (χ3v) is 3.67. The molecule has 1 aromatic carbocycles. The molecule has 20 heavy (non-hydrogen) atoms. The highest BCUT2D eigenvalue weighted by molar-refractivity contribution is 5.95. The maximum absolute atomic E-state index is 12.0. The minimum Gasteiger partial charge on any atom is -0.352 e. The molecule has 0 bridgehead atoms. The SMILES string of the molecule is Cc1cc([N+](=O)[O-])ccc1C(=O)NCCC1CCNC1. The third-order valence-electron chi connectivity index (χ3n) is 3.67. The Kier molecular flexibility index (Phi) is 4.68. The van der Waals surface area contributed by atoms with Crippen LogP contribution in [0.2, 0.25) is 0 Å². The quantitative estimate of drug-likeness (QED) is 0.633. The number of nitro benzene ring substituents is 1. The van der Waals surface area contributed by atoms with Crippen molar-refractivity contribution in [1.29, 1.82) is 0 Å². The Morgan fingerprint density at radius 1 is 1.55 bits per heavy atom. The molecule has 2 rings (SSSR count). The van der Waals surface area contributed by atoms with Gasteiger partial charge in [-0.1, -0.05) is 0 Å². The van der Waals surface area contributed by atoms with Gasteiger partial charge in [-0.15, -0.1) is 0 Å². The fraction of sp³-hybridized carbons (Fsp3) is 0.500. The van der Waals surface area contributed by atoms with E-state index in [9.17, 15) is 14.9 Å². The summed E-state index contributed by atoms with van der Waals surface area (Å²) in [5, 5.41) is 16.8. The van der Waals surface area contributed by atoms with E-state index in [1.165, 1.54) is 18.2 Å². The molecule has 1 saturated heterocycles. The summed E-state index contributed by atoms with van der Waals surface area (Å²) in [7, 11) is 0. The van der Waals surface area contributed by atoms with Crippen molar-refractivity contribution in [2.45, 2.75) is 19.8 Å². The van der Waals surface area contributed by atoms with Gasteiger partial charge in [-0.05, 0) is 50.4 Å². The lowest BCUT2D eigenvalue weighted by Crippen LogP contribution is -2.27. The molecule has 2 N–H and O–H groups in total. The fourth-order valence-electron chi connectivity index (χ4n) is 2.46. The van der Waals surface area contributed by atoms with Gasteiger partial charge < -0.3 is 10.6 Å². The summed E-state index contributed by atoms with van der Waals surface area (Å²) in [6.45, 7) is 4.43. The van der Waals surface area contributed by atoms with Crippen molar-refractivity contribution in [2.75, 3.05) is 19.6 Å². The number of nitro groups is 1. The van der Waals surface area contributed by atoms with Crippen LogP contribution in [0.5, 0.6) is 0 Å². The zero-order chi connectivity index (χ0) is 14.5. The summed E-state index contributed by atoms with van der Waals surface area (Å²) in [5.74, 6) is 0.469. The predicted molar refractivity (Wildman–Crippen MR) is 75.8 cm³/mol. The second kappa shape index (κ2) is 6.47. The van der Waals surface area contributed by atoms with Crippen molar-refractivity contribution in [3.63, 3.8) is 0 Å². The highest BCUT2D eigenvalue weighted by atomic mass is 16.6. The average molecular weight is 277 g/mol. The van der Waals surface area contributed by atoms with E-state index in [2.05, 4.69) is 10.6 Å². The lowest BCUT2D eigenvalue weighted by Gasteiger charge is -2.10.